The molecule has 150 valence electrons. The van der Waals surface area contributed by atoms with Crippen LogP contribution in [0.3, 0.4) is 0 Å². The Morgan fingerprint density at radius 3 is 1.47 bits per heavy atom. The average molecular weight is 408 g/mol. The van der Waals surface area contributed by atoms with Gasteiger partial charge < -0.3 is 0 Å². The van der Waals surface area contributed by atoms with Gasteiger partial charge in [-0.25, -0.2) is 0 Å². The van der Waals surface area contributed by atoms with Gasteiger partial charge in [-0.3, -0.25) is 20.2 Å². The first-order valence-electron chi connectivity index (χ1n) is 8.03. The van der Waals surface area contributed by atoms with E-state index in [2.05, 4.69) is 30.3 Å². The highest BCUT2D eigenvalue weighted by Crippen LogP contribution is 2.33. The molecule has 0 aliphatic heterocycles. The van der Waals surface area contributed by atoms with E-state index in [0.717, 1.165) is 12.4 Å². The maximum Gasteiger partial charge on any atom is 0.279 e. The first-order chi connectivity index (χ1) is 14.3. The molecule has 2 aromatic rings. The zero-order chi connectivity index (χ0) is 22.3. The maximum absolute atomic E-state index is 11.2. The summed E-state index contributed by atoms with van der Waals surface area (Å²) >= 11 is 0. The fourth-order valence-corrected chi connectivity index (χ4v) is 2.55. The van der Waals surface area contributed by atoms with Crippen LogP contribution < -0.4 is 0 Å². The summed E-state index contributed by atoms with van der Waals surface area (Å²) in [5.74, 6) is 0. The number of hydrogen-bond donors (Lipinski definition) is 0. The van der Waals surface area contributed by atoms with Crippen molar-refractivity contribution >= 4 is 35.2 Å². The second-order valence-electron chi connectivity index (χ2n) is 5.83. The van der Waals surface area contributed by atoms with Gasteiger partial charge in [0, 0.05) is 33.1 Å². The number of aryl methyl sites for hydroxylation is 2. The van der Waals surface area contributed by atoms with Crippen LogP contribution in [0, 0.1) is 34.1 Å². The van der Waals surface area contributed by atoms with Gasteiger partial charge in [-0.15, -0.1) is 0 Å². The minimum absolute atomic E-state index is 0.155. The number of hydrogen-bond acceptors (Lipinski definition) is 8. The fraction of sp³-hybridized carbons (Fsp3) is 0.125. The molecule has 14 heteroatoms. The van der Waals surface area contributed by atoms with Gasteiger partial charge in [-0.1, -0.05) is 10.2 Å². The van der Waals surface area contributed by atoms with Gasteiger partial charge in [0.15, 0.2) is 0 Å². The largest absolute Gasteiger partial charge is 0.279 e. The molecule has 0 N–H and O–H groups in total. The summed E-state index contributed by atoms with van der Waals surface area (Å²) in [4.78, 5) is 26.2. The summed E-state index contributed by atoms with van der Waals surface area (Å²) in [7, 11) is 0. The van der Waals surface area contributed by atoms with E-state index in [9.17, 15) is 20.2 Å². The Bertz CT molecular complexity index is 1100. The molecule has 2 aromatic carbocycles. The van der Waals surface area contributed by atoms with Crippen LogP contribution in [-0.2, 0) is 0 Å². The lowest BCUT2D eigenvalue weighted by Gasteiger charge is -2.03. The topological polar surface area (TPSA) is 209 Å². The molecule has 0 aliphatic rings. The molecule has 0 saturated carbocycles. The summed E-state index contributed by atoms with van der Waals surface area (Å²) in [6, 6.07) is 5.53. The quantitative estimate of drug-likeness (QED) is 0.146. The molecule has 0 spiro atoms. The van der Waals surface area contributed by atoms with Crippen LogP contribution in [-0.4, -0.2) is 22.3 Å². The van der Waals surface area contributed by atoms with E-state index in [4.69, 9.17) is 11.1 Å². The fourth-order valence-electron chi connectivity index (χ4n) is 2.55. The van der Waals surface area contributed by atoms with E-state index in [1.807, 2.05) is 0 Å². The van der Waals surface area contributed by atoms with Crippen molar-refractivity contribution in [3.63, 3.8) is 0 Å². The van der Waals surface area contributed by atoms with E-state index in [-0.39, 0.29) is 22.5 Å². The Hall–Kier alpha value is -4.80. The predicted molar refractivity (Wildman–Crippen MR) is 108 cm³/mol. The molecule has 0 bridgehead atoms. The minimum Gasteiger partial charge on any atom is -0.258 e. The van der Waals surface area contributed by atoms with Crippen molar-refractivity contribution < 1.29 is 9.85 Å². The molecule has 0 aliphatic carbocycles. The number of nitro groups is 2. The molecule has 30 heavy (non-hydrogen) atoms. The van der Waals surface area contributed by atoms with E-state index in [1.165, 1.54) is 24.3 Å². The van der Waals surface area contributed by atoms with Gasteiger partial charge in [0.1, 0.15) is 11.4 Å². The van der Waals surface area contributed by atoms with Crippen molar-refractivity contribution in [2.24, 2.45) is 20.4 Å². The van der Waals surface area contributed by atoms with Crippen molar-refractivity contribution in [1.82, 2.24) is 0 Å². The Morgan fingerprint density at radius 1 is 0.800 bits per heavy atom. The molecular formula is C16H12N10O4. The van der Waals surface area contributed by atoms with Crippen LogP contribution in [0.4, 0.5) is 22.7 Å². The number of rotatable bonds is 7. The number of nitrogens with zero attached hydrogens (tertiary/aromatic N) is 10. The van der Waals surface area contributed by atoms with Gasteiger partial charge in [0.2, 0.25) is 0 Å². The second kappa shape index (κ2) is 9.41. The second-order valence-corrected chi connectivity index (χ2v) is 5.83. The Balaban J connectivity index is 2.50. The van der Waals surface area contributed by atoms with Gasteiger partial charge in [-0.2, -0.15) is 10.2 Å². The lowest BCUT2D eigenvalue weighted by Crippen LogP contribution is -1.94. The summed E-state index contributed by atoms with van der Waals surface area (Å²) in [6.45, 7) is 3.23. The van der Waals surface area contributed by atoms with Crippen LogP contribution in [0.25, 0.3) is 20.9 Å². The lowest BCUT2D eigenvalue weighted by atomic mass is 10.1. The van der Waals surface area contributed by atoms with Gasteiger partial charge >= 0.3 is 0 Å². The Labute approximate surface area is 167 Å². The monoisotopic (exact) mass is 408 g/mol. The molecule has 0 amide bonds. The molecule has 0 saturated heterocycles. The van der Waals surface area contributed by atoms with E-state index in [1.54, 1.807) is 13.8 Å². The summed E-state index contributed by atoms with van der Waals surface area (Å²) in [5, 5.41) is 36.6. The molecule has 2 rings (SSSR count). The van der Waals surface area contributed by atoms with Crippen molar-refractivity contribution in [2.45, 2.75) is 13.8 Å². The Morgan fingerprint density at radius 2 is 1.17 bits per heavy atom. The van der Waals surface area contributed by atoms with Gasteiger partial charge in [0.25, 0.3) is 11.4 Å². The third kappa shape index (κ3) is 4.92. The summed E-state index contributed by atoms with van der Waals surface area (Å²) < 4.78 is 0. The van der Waals surface area contributed by atoms with Crippen LogP contribution in [0.1, 0.15) is 22.3 Å². The van der Waals surface area contributed by atoms with Crippen molar-refractivity contribution in [3.8, 4) is 0 Å². The maximum atomic E-state index is 11.2. The standard InChI is InChI=1S/C16H12N10O4/c1-9-3-11(15(21-23-17)13(5-9)25(27)28)7-19-20-8-12-4-10(2)6-14(26(29)30)16(12)22-24-18/h3-8H,1-2H3/b19-7+,20-8+. The van der Waals surface area contributed by atoms with E-state index >= 15 is 0 Å². The predicted octanol–water partition coefficient (Wildman–Crippen LogP) is 5.46. The number of nitro benzene ring substituents is 2. The zero-order valence-electron chi connectivity index (χ0n) is 15.6. The average Bonchev–Trinajstić information content (AvgIpc) is 2.68. The highest BCUT2D eigenvalue weighted by Gasteiger charge is 2.18. The van der Waals surface area contributed by atoms with Crippen molar-refractivity contribution in [1.29, 1.82) is 0 Å². The van der Waals surface area contributed by atoms with Gasteiger partial charge in [-0.05, 0) is 48.2 Å². The van der Waals surface area contributed by atoms with E-state index in [0.29, 0.717) is 11.1 Å². The third-order valence-corrected chi connectivity index (χ3v) is 3.67. The van der Waals surface area contributed by atoms with Crippen LogP contribution >= 0.6 is 0 Å². The molecular weight excluding hydrogens is 396 g/mol. The van der Waals surface area contributed by atoms with Gasteiger partial charge in [0.05, 0.1) is 22.3 Å². The molecule has 0 heterocycles. The van der Waals surface area contributed by atoms with E-state index < -0.39 is 21.2 Å². The van der Waals surface area contributed by atoms with Crippen LogP contribution in [0.5, 0.6) is 0 Å². The third-order valence-electron chi connectivity index (χ3n) is 3.67. The molecule has 0 radical (unpaired) electrons. The molecule has 0 aromatic heterocycles. The highest BCUT2D eigenvalue weighted by molar-refractivity contribution is 5.92. The van der Waals surface area contributed by atoms with Crippen LogP contribution in [0.15, 0.2) is 44.7 Å². The summed E-state index contributed by atoms with van der Waals surface area (Å²) in [5.41, 5.74) is 17.5. The Kier molecular flexibility index (Phi) is 6.75. The smallest absolute Gasteiger partial charge is 0.258 e. The SMILES string of the molecule is Cc1cc(/C=N/N=C/c2cc(C)cc([N+](=O)[O-])c2N=[N+]=[N-])c(N=[N+]=[N-])c([N+](=O)[O-])c1. The lowest BCUT2D eigenvalue weighted by molar-refractivity contribution is -0.384. The number of benzene rings is 2. The van der Waals surface area contributed by atoms with Crippen LogP contribution in [0.2, 0.25) is 0 Å². The van der Waals surface area contributed by atoms with Crippen molar-refractivity contribution in [2.75, 3.05) is 0 Å². The summed E-state index contributed by atoms with van der Waals surface area (Å²) in [6.07, 6.45) is 2.27. The first kappa shape index (κ1) is 21.5. The normalized spacial score (nSPS) is 10.6. The zero-order valence-corrected chi connectivity index (χ0v) is 15.6. The highest BCUT2D eigenvalue weighted by atomic mass is 16.6. The van der Waals surface area contributed by atoms with Crippen molar-refractivity contribution in [3.05, 3.63) is 87.6 Å². The number of azide groups is 2. The molecule has 0 fully saturated rings. The molecule has 14 nitrogen and oxygen atoms in total. The molecule has 0 unspecified atom stereocenters. The minimum atomic E-state index is -0.685. The molecule has 0 atom stereocenters. The first-order valence-corrected chi connectivity index (χ1v) is 8.03.